The van der Waals surface area contributed by atoms with Crippen LogP contribution in [0.15, 0.2) is 58.0 Å². The van der Waals surface area contributed by atoms with E-state index in [1.807, 2.05) is 18.2 Å². The Labute approximate surface area is 219 Å². The third kappa shape index (κ3) is 5.07. The van der Waals surface area contributed by atoms with E-state index in [0.717, 1.165) is 43.0 Å². The first-order chi connectivity index (χ1) is 17.4. The average Bonchev–Trinajstić information content (AvgIpc) is 3.54. The van der Waals surface area contributed by atoms with Crippen molar-refractivity contribution in [3.05, 3.63) is 65.2 Å². The zero-order chi connectivity index (χ0) is 25.2. The number of aliphatic imine (C=N–C) groups is 1. The Hall–Kier alpha value is -3.44. The number of fused-ring (bicyclic) bond motifs is 1. The van der Waals surface area contributed by atoms with Gasteiger partial charge in [-0.1, -0.05) is 35.9 Å². The number of oxazole rings is 1. The number of likely N-dealkylation sites (tertiary alicyclic amines) is 1. The standard InChI is InChI=1S/C28H28BrN5O2/c1-17(2)23-11-19(13-30)12-24-26(23)36-28(33-24)21-5-3-20(4-6-21)27(35)32-14-18-9-10-34(16-18)25-8-7-22(29)15-31-25/h3-8,11-12,17-18,22H,9-10,14-16H2,1-2H3,(H,32,35)/t18-,22?/m1/s1. The summed E-state index contributed by atoms with van der Waals surface area (Å²) in [7, 11) is 0. The quantitative estimate of drug-likeness (QED) is 0.440. The van der Waals surface area contributed by atoms with Gasteiger partial charge in [-0.05, 0) is 60.7 Å². The van der Waals surface area contributed by atoms with Gasteiger partial charge in [0.1, 0.15) is 11.4 Å². The largest absolute Gasteiger partial charge is 0.436 e. The molecule has 1 aromatic heterocycles. The molecule has 0 saturated carbocycles. The number of alkyl halides is 1. The fourth-order valence-corrected chi connectivity index (χ4v) is 4.97. The summed E-state index contributed by atoms with van der Waals surface area (Å²) in [5.41, 5.74) is 4.29. The molecule has 0 spiro atoms. The number of carbonyl (C=O) groups excluding carboxylic acids is 1. The molecule has 1 amide bonds. The third-order valence-corrected chi connectivity index (χ3v) is 7.30. The Morgan fingerprint density at radius 3 is 2.81 bits per heavy atom. The Morgan fingerprint density at radius 2 is 2.11 bits per heavy atom. The first kappa shape index (κ1) is 24.3. The van der Waals surface area contributed by atoms with Crippen LogP contribution in [0.5, 0.6) is 0 Å². The maximum atomic E-state index is 12.8. The number of nitriles is 1. The van der Waals surface area contributed by atoms with Crippen molar-refractivity contribution in [3.8, 4) is 17.5 Å². The van der Waals surface area contributed by atoms with Crippen LogP contribution in [0, 0.1) is 17.2 Å². The van der Waals surface area contributed by atoms with Crippen molar-refractivity contribution in [1.29, 1.82) is 5.26 Å². The maximum absolute atomic E-state index is 12.8. The average molecular weight is 546 g/mol. The summed E-state index contributed by atoms with van der Waals surface area (Å²) < 4.78 is 6.08. The molecule has 36 heavy (non-hydrogen) atoms. The van der Waals surface area contributed by atoms with E-state index in [4.69, 9.17) is 4.42 Å². The number of aromatic nitrogens is 1. The van der Waals surface area contributed by atoms with Crippen LogP contribution in [0.1, 0.15) is 47.7 Å². The van der Waals surface area contributed by atoms with Gasteiger partial charge in [0.2, 0.25) is 5.89 Å². The lowest BCUT2D eigenvalue weighted by atomic mass is 10.00. The number of dihydropyridines is 1. The smallest absolute Gasteiger partial charge is 0.251 e. The minimum atomic E-state index is -0.0876. The molecule has 1 N–H and O–H groups in total. The summed E-state index contributed by atoms with van der Waals surface area (Å²) in [6.07, 6.45) is 5.25. The molecule has 2 aliphatic heterocycles. The molecule has 3 heterocycles. The third-order valence-electron chi connectivity index (χ3n) is 6.71. The zero-order valence-corrected chi connectivity index (χ0v) is 22.0. The SMILES string of the molecule is CC(C)c1cc(C#N)cc2nc(-c3ccc(C(=O)NC[C@H]4CCN(C5=NCC(Br)C=C5)C4)cc3)oc12. The van der Waals surface area contributed by atoms with Gasteiger partial charge in [-0.3, -0.25) is 9.79 Å². The van der Waals surface area contributed by atoms with Gasteiger partial charge in [0.15, 0.2) is 5.58 Å². The highest BCUT2D eigenvalue weighted by Crippen LogP contribution is 2.31. The van der Waals surface area contributed by atoms with Crippen LogP contribution < -0.4 is 5.32 Å². The lowest BCUT2D eigenvalue weighted by Crippen LogP contribution is -2.33. The molecular weight excluding hydrogens is 518 g/mol. The van der Waals surface area contributed by atoms with Gasteiger partial charge < -0.3 is 14.6 Å². The van der Waals surface area contributed by atoms with Crippen molar-refractivity contribution >= 4 is 38.8 Å². The van der Waals surface area contributed by atoms with Crippen LogP contribution in [0.25, 0.3) is 22.6 Å². The highest BCUT2D eigenvalue weighted by Gasteiger charge is 2.25. The van der Waals surface area contributed by atoms with Crippen LogP contribution in [0.3, 0.4) is 0 Å². The molecule has 0 bridgehead atoms. The van der Waals surface area contributed by atoms with E-state index in [2.05, 4.69) is 68.2 Å². The molecule has 0 radical (unpaired) electrons. The Morgan fingerprint density at radius 1 is 1.31 bits per heavy atom. The van der Waals surface area contributed by atoms with Gasteiger partial charge in [-0.15, -0.1) is 0 Å². The Kier molecular flexibility index (Phi) is 6.92. The number of hydrogen-bond donors (Lipinski definition) is 1. The Balaban J connectivity index is 1.22. The summed E-state index contributed by atoms with van der Waals surface area (Å²) >= 11 is 3.56. The highest BCUT2D eigenvalue weighted by atomic mass is 79.9. The van der Waals surface area contributed by atoms with E-state index < -0.39 is 0 Å². The number of amidine groups is 1. The predicted octanol–water partition coefficient (Wildman–Crippen LogP) is 5.27. The molecule has 1 fully saturated rings. The first-order valence-corrected chi connectivity index (χ1v) is 13.2. The molecule has 8 heteroatoms. The fraction of sp³-hybridized carbons (Fsp3) is 0.357. The number of nitrogens with zero attached hydrogens (tertiary/aromatic N) is 4. The number of amides is 1. The molecule has 1 unspecified atom stereocenters. The molecule has 184 valence electrons. The van der Waals surface area contributed by atoms with Gasteiger partial charge in [0.05, 0.1) is 23.0 Å². The van der Waals surface area contributed by atoms with Crippen molar-refractivity contribution in [2.45, 2.75) is 31.0 Å². The van der Waals surface area contributed by atoms with Gasteiger partial charge >= 0.3 is 0 Å². The first-order valence-electron chi connectivity index (χ1n) is 12.3. The van der Waals surface area contributed by atoms with Crippen LogP contribution >= 0.6 is 15.9 Å². The zero-order valence-electron chi connectivity index (χ0n) is 20.4. The molecular formula is C28H28BrN5O2. The maximum Gasteiger partial charge on any atom is 0.251 e. The van der Waals surface area contributed by atoms with Gasteiger partial charge in [0, 0.05) is 36.3 Å². The second-order valence-corrected chi connectivity index (χ2v) is 10.8. The molecule has 1 saturated heterocycles. The molecule has 2 aromatic carbocycles. The lowest BCUT2D eigenvalue weighted by Gasteiger charge is -2.21. The highest BCUT2D eigenvalue weighted by molar-refractivity contribution is 9.09. The minimum Gasteiger partial charge on any atom is -0.436 e. The monoisotopic (exact) mass is 545 g/mol. The van der Waals surface area contributed by atoms with Crippen LogP contribution in [-0.4, -0.2) is 52.6 Å². The summed E-state index contributed by atoms with van der Waals surface area (Å²) in [6, 6.07) is 13.1. The molecule has 3 aromatic rings. The summed E-state index contributed by atoms with van der Waals surface area (Å²) in [4.78, 5) is 24.6. The van der Waals surface area contributed by atoms with Crippen molar-refractivity contribution in [3.63, 3.8) is 0 Å². The number of rotatable bonds is 5. The van der Waals surface area contributed by atoms with E-state index >= 15 is 0 Å². The molecule has 7 nitrogen and oxygen atoms in total. The number of carbonyl (C=O) groups is 1. The van der Waals surface area contributed by atoms with Crippen molar-refractivity contribution in [2.75, 3.05) is 26.2 Å². The topological polar surface area (TPSA) is 94.5 Å². The van der Waals surface area contributed by atoms with Gasteiger partial charge in [0.25, 0.3) is 5.91 Å². The van der Waals surface area contributed by atoms with Crippen molar-refractivity contribution in [1.82, 2.24) is 15.2 Å². The molecule has 2 aliphatic rings. The second kappa shape index (κ2) is 10.3. The summed E-state index contributed by atoms with van der Waals surface area (Å²) in [5.74, 6) is 2.03. The van der Waals surface area contributed by atoms with Gasteiger partial charge in [-0.2, -0.15) is 5.26 Å². The summed E-state index contributed by atoms with van der Waals surface area (Å²) in [6.45, 7) is 7.40. The molecule has 5 rings (SSSR count). The normalized spacial score (nSPS) is 19.5. The van der Waals surface area contributed by atoms with E-state index in [1.54, 1.807) is 18.2 Å². The van der Waals surface area contributed by atoms with Crippen LogP contribution in [-0.2, 0) is 0 Å². The van der Waals surface area contributed by atoms with E-state index in [0.29, 0.717) is 45.4 Å². The van der Waals surface area contributed by atoms with E-state index in [-0.39, 0.29) is 11.8 Å². The van der Waals surface area contributed by atoms with Crippen LogP contribution in [0.4, 0.5) is 0 Å². The lowest BCUT2D eigenvalue weighted by molar-refractivity contribution is 0.0948. The van der Waals surface area contributed by atoms with Crippen LogP contribution in [0.2, 0.25) is 0 Å². The predicted molar refractivity (Wildman–Crippen MR) is 144 cm³/mol. The van der Waals surface area contributed by atoms with Gasteiger partial charge in [-0.25, -0.2) is 4.98 Å². The number of benzene rings is 2. The fourth-order valence-electron chi connectivity index (χ4n) is 4.68. The van der Waals surface area contributed by atoms with Crippen molar-refractivity contribution < 1.29 is 9.21 Å². The molecule has 0 aliphatic carbocycles. The number of hydrogen-bond acceptors (Lipinski definition) is 6. The number of halogens is 1. The van der Waals surface area contributed by atoms with E-state index in [9.17, 15) is 10.1 Å². The van der Waals surface area contributed by atoms with E-state index in [1.165, 1.54) is 0 Å². The van der Waals surface area contributed by atoms with Crippen molar-refractivity contribution in [2.24, 2.45) is 10.9 Å². The number of nitrogens with one attached hydrogen (secondary N) is 1. The Bertz CT molecular complexity index is 1380. The summed E-state index contributed by atoms with van der Waals surface area (Å²) in [5, 5.41) is 12.4. The second-order valence-electron chi connectivity index (χ2n) is 9.66. The molecule has 2 atom stereocenters. The minimum absolute atomic E-state index is 0.0876.